The van der Waals surface area contributed by atoms with Crippen molar-refractivity contribution >= 4 is 15.8 Å². The third-order valence-corrected chi connectivity index (χ3v) is 4.18. The van der Waals surface area contributed by atoms with Crippen LogP contribution in [0.3, 0.4) is 0 Å². The molecule has 0 spiro atoms. The van der Waals surface area contributed by atoms with Gasteiger partial charge in [-0.05, 0) is 45.4 Å². The number of ether oxygens (including phenoxy) is 2. The number of nitrogens with zero attached hydrogens (tertiary/aromatic N) is 2. The van der Waals surface area contributed by atoms with E-state index in [0.29, 0.717) is 24.3 Å². The first-order chi connectivity index (χ1) is 12.5. The number of carbonyl (C=O) groups is 1. The third-order valence-electron chi connectivity index (χ3n) is 3.33. The second-order valence-electron chi connectivity index (χ2n) is 7.06. The number of rotatable bonds is 6. The summed E-state index contributed by atoms with van der Waals surface area (Å²) in [5.74, 6) is -0.178. The third kappa shape index (κ3) is 6.32. The van der Waals surface area contributed by atoms with E-state index in [4.69, 9.17) is 9.47 Å². The van der Waals surface area contributed by atoms with Crippen LogP contribution in [0.1, 0.15) is 49.3 Å². The van der Waals surface area contributed by atoms with Crippen LogP contribution in [0.15, 0.2) is 35.5 Å². The molecule has 0 aliphatic rings. The van der Waals surface area contributed by atoms with Crippen molar-refractivity contribution in [2.24, 2.45) is 0 Å². The lowest BCUT2D eigenvalue weighted by Gasteiger charge is -2.19. The normalized spacial score (nSPS) is 11.9. The van der Waals surface area contributed by atoms with E-state index in [9.17, 15) is 13.2 Å². The monoisotopic (exact) mass is 392 g/mol. The Morgan fingerprint density at radius 2 is 1.74 bits per heavy atom. The summed E-state index contributed by atoms with van der Waals surface area (Å²) in [5.41, 5.74) is 1.26. The first kappa shape index (κ1) is 20.8. The number of aromatic nitrogens is 2. The Balaban J connectivity index is 2.24. The molecule has 1 heterocycles. The first-order valence-electron chi connectivity index (χ1n) is 8.51. The fourth-order valence-electron chi connectivity index (χ4n) is 2.23. The van der Waals surface area contributed by atoms with Crippen molar-refractivity contribution in [3.05, 3.63) is 47.2 Å². The average molecular weight is 392 g/mol. The van der Waals surface area contributed by atoms with E-state index in [-0.39, 0.29) is 11.0 Å². The van der Waals surface area contributed by atoms with Gasteiger partial charge in [-0.2, -0.15) is 4.98 Å². The van der Waals surface area contributed by atoms with E-state index in [0.717, 1.165) is 11.8 Å². The highest BCUT2D eigenvalue weighted by Crippen LogP contribution is 2.18. The Kier molecular flexibility index (Phi) is 6.20. The molecular weight excluding hydrogens is 368 g/mol. The van der Waals surface area contributed by atoms with Crippen LogP contribution in [0.2, 0.25) is 0 Å². The van der Waals surface area contributed by atoms with E-state index >= 15 is 0 Å². The van der Waals surface area contributed by atoms with Crippen LogP contribution in [-0.2, 0) is 21.0 Å². The number of benzene rings is 1. The van der Waals surface area contributed by atoms with Crippen molar-refractivity contribution in [2.75, 3.05) is 12.9 Å². The molecule has 0 aliphatic heterocycles. The van der Waals surface area contributed by atoms with Gasteiger partial charge in [0.15, 0.2) is 0 Å². The first-order valence-corrected chi connectivity index (χ1v) is 10.4. The molecule has 2 aromatic rings. The molecule has 0 fully saturated rings. The summed E-state index contributed by atoms with van der Waals surface area (Å²) in [6, 6.07) is 8.51. The lowest BCUT2D eigenvalue weighted by Crippen LogP contribution is -2.23. The zero-order valence-corrected chi connectivity index (χ0v) is 17.0. The largest absolute Gasteiger partial charge is 0.478 e. The van der Waals surface area contributed by atoms with Crippen LogP contribution < -0.4 is 4.74 Å². The zero-order valence-electron chi connectivity index (χ0n) is 16.1. The molecule has 1 aromatic carbocycles. The van der Waals surface area contributed by atoms with Crippen molar-refractivity contribution in [1.29, 1.82) is 0 Å². The highest BCUT2D eigenvalue weighted by molar-refractivity contribution is 7.90. The van der Waals surface area contributed by atoms with Crippen LogP contribution in [-0.4, -0.2) is 42.8 Å². The number of carbonyl (C=O) groups excluding carboxylic acids is 1. The van der Waals surface area contributed by atoms with Gasteiger partial charge < -0.3 is 9.47 Å². The van der Waals surface area contributed by atoms with Gasteiger partial charge in [-0.3, -0.25) is 0 Å². The molecule has 7 nitrogen and oxygen atoms in total. The number of esters is 1. The lowest BCUT2D eigenvalue weighted by molar-refractivity contribution is 0.00695. The van der Waals surface area contributed by atoms with Crippen molar-refractivity contribution in [3.8, 4) is 5.88 Å². The Labute approximate surface area is 159 Å². The van der Waals surface area contributed by atoms with Gasteiger partial charge in [0, 0.05) is 18.7 Å². The topological polar surface area (TPSA) is 95.5 Å². The highest BCUT2D eigenvalue weighted by atomic mass is 32.2. The summed E-state index contributed by atoms with van der Waals surface area (Å²) in [6.45, 7) is 7.58. The van der Waals surface area contributed by atoms with Gasteiger partial charge in [0.25, 0.3) is 0 Å². The maximum atomic E-state index is 12.1. The van der Waals surface area contributed by atoms with Crippen molar-refractivity contribution < 1.29 is 22.7 Å². The standard InChI is InChI=1S/C19H24N2O5S/c1-6-25-16-12-15(20-18(21-16)27(5,23)24)11-13-7-9-14(10-8-13)17(22)26-19(2,3)4/h7-10,12H,6,11H2,1-5H3. The molecule has 27 heavy (non-hydrogen) atoms. The summed E-state index contributed by atoms with van der Waals surface area (Å²) in [7, 11) is -3.56. The van der Waals surface area contributed by atoms with Crippen LogP contribution in [0.4, 0.5) is 0 Å². The summed E-state index contributed by atoms with van der Waals surface area (Å²) in [6.07, 6.45) is 1.43. The zero-order chi connectivity index (χ0) is 20.2. The van der Waals surface area contributed by atoms with Crippen molar-refractivity contribution in [1.82, 2.24) is 9.97 Å². The van der Waals surface area contributed by atoms with Gasteiger partial charge >= 0.3 is 5.97 Å². The Bertz CT molecular complexity index is 916. The molecule has 0 N–H and O–H groups in total. The molecule has 0 unspecified atom stereocenters. The van der Waals surface area contributed by atoms with E-state index in [1.807, 2.05) is 20.8 Å². The lowest BCUT2D eigenvalue weighted by atomic mass is 10.1. The molecule has 0 bridgehead atoms. The predicted octanol–water partition coefficient (Wildman–Crippen LogP) is 2.82. The van der Waals surface area contributed by atoms with Crippen LogP contribution in [0.5, 0.6) is 5.88 Å². The summed E-state index contributed by atoms with van der Waals surface area (Å²) >= 11 is 0. The molecule has 0 amide bonds. The van der Waals surface area contributed by atoms with Crippen LogP contribution in [0.25, 0.3) is 0 Å². The fraction of sp³-hybridized carbons (Fsp3) is 0.421. The van der Waals surface area contributed by atoms with E-state index in [2.05, 4.69) is 9.97 Å². The van der Waals surface area contributed by atoms with E-state index < -0.39 is 21.4 Å². The SMILES string of the molecule is CCOc1cc(Cc2ccc(C(=O)OC(C)(C)C)cc2)nc(S(C)(=O)=O)n1. The second-order valence-corrected chi connectivity index (χ2v) is 8.97. The maximum Gasteiger partial charge on any atom is 0.338 e. The average Bonchev–Trinajstić information content (AvgIpc) is 2.53. The number of hydrogen-bond acceptors (Lipinski definition) is 7. The van der Waals surface area contributed by atoms with Gasteiger partial charge in [-0.15, -0.1) is 0 Å². The second kappa shape index (κ2) is 8.04. The van der Waals surface area contributed by atoms with Gasteiger partial charge in [0.05, 0.1) is 17.9 Å². The molecule has 0 saturated carbocycles. The molecule has 1 aromatic heterocycles. The molecule has 8 heteroatoms. The predicted molar refractivity (Wildman–Crippen MR) is 101 cm³/mol. The Hall–Kier alpha value is -2.48. The number of hydrogen-bond donors (Lipinski definition) is 0. The summed E-state index contributed by atoms with van der Waals surface area (Å²) in [4.78, 5) is 20.1. The van der Waals surface area contributed by atoms with E-state index in [1.165, 1.54) is 0 Å². The summed E-state index contributed by atoms with van der Waals surface area (Å²) in [5, 5.41) is -0.270. The molecule has 2 rings (SSSR count). The van der Waals surface area contributed by atoms with Gasteiger partial charge in [0.1, 0.15) is 5.60 Å². The van der Waals surface area contributed by atoms with E-state index in [1.54, 1.807) is 37.3 Å². The number of sulfone groups is 1. The minimum Gasteiger partial charge on any atom is -0.478 e. The highest BCUT2D eigenvalue weighted by Gasteiger charge is 2.18. The minimum absolute atomic E-state index is 0.216. The molecule has 0 radical (unpaired) electrons. The minimum atomic E-state index is -3.56. The Morgan fingerprint density at radius 1 is 1.11 bits per heavy atom. The van der Waals surface area contributed by atoms with Crippen LogP contribution in [0, 0.1) is 0 Å². The molecule has 0 aliphatic carbocycles. The fourth-order valence-corrected chi connectivity index (χ4v) is 2.77. The summed E-state index contributed by atoms with van der Waals surface area (Å²) < 4.78 is 34.3. The van der Waals surface area contributed by atoms with Gasteiger partial charge in [-0.25, -0.2) is 18.2 Å². The smallest absolute Gasteiger partial charge is 0.338 e. The molecule has 146 valence electrons. The molecule has 0 atom stereocenters. The van der Waals surface area contributed by atoms with Gasteiger partial charge in [0.2, 0.25) is 20.9 Å². The quantitative estimate of drug-likeness (QED) is 0.551. The van der Waals surface area contributed by atoms with Crippen LogP contribution >= 0.6 is 0 Å². The molecular formula is C19H24N2O5S. The maximum absolute atomic E-state index is 12.1. The van der Waals surface area contributed by atoms with Crippen molar-refractivity contribution in [3.63, 3.8) is 0 Å². The molecule has 0 saturated heterocycles. The van der Waals surface area contributed by atoms with Gasteiger partial charge in [-0.1, -0.05) is 12.1 Å². The van der Waals surface area contributed by atoms with Crippen molar-refractivity contribution in [2.45, 2.75) is 44.9 Å². The Morgan fingerprint density at radius 3 is 2.26 bits per heavy atom.